The first-order chi connectivity index (χ1) is 20.1. The third kappa shape index (κ3) is 9.26. The van der Waals surface area contributed by atoms with E-state index in [0.717, 1.165) is 46.5 Å². The van der Waals surface area contributed by atoms with Gasteiger partial charge in [0.2, 0.25) is 0 Å². The van der Waals surface area contributed by atoms with E-state index in [-0.39, 0.29) is 12.5 Å². The van der Waals surface area contributed by atoms with Crippen LogP contribution in [0.3, 0.4) is 0 Å². The summed E-state index contributed by atoms with van der Waals surface area (Å²) in [6, 6.07) is 24.0. The summed E-state index contributed by atoms with van der Waals surface area (Å²) in [5.74, 6) is -0.513. The molecule has 4 rings (SSSR count). The van der Waals surface area contributed by atoms with Crippen molar-refractivity contribution >= 4 is 51.9 Å². The van der Waals surface area contributed by atoms with Crippen LogP contribution in [0.4, 0.5) is 4.79 Å². The second-order valence-corrected chi connectivity index (χ2v) is 13.3. The van der Waals surface area contributed by atoms with E-state index in [1.165, 1.54) is 9.13 Å². The van der Waals surface area contributed by atoms with Crippen molar-refractivity contribution in [3.05, 3.63) is 93.1 Å². The number of ether oxygens (including phenoxy) is 2. The number of aryl methyl sites for hydroxylation is 1. The summed E-state index contributed by atoms with van der Waals surface area (Å²) in [5.41, 5.74) is 5.20. The van der Waals surface area contributed by atoms with Crippen molar-refractivity contribution in [3.63, 3.8) is 0 Å². The van der Waals surface area contributed by atoms with Crippen LogP contribution in [0.1, 0.15) is 69.1 Å². The number of nitrogens with one attached hydrogen (secondary N) is 2. The molecular weight excluding hydrogens is 659 g/mol. The molecule has 0 saturated carbocycles. The molecule has 1 aliphatic rings. The number of hydrogen-bond donors (Lipinski definition) is 2. The predicted octanol–water partition coefficient (Wildman–Crippen LogP) is 7.56. The predicted molar refractivity (Wildman–Crippen MR) is 180 cm³/mol. The summed E-state index contributed by atoms with van der Waals surface area (Å²) in [7, 11) is 0. The molecule has 1 aliphatic carbocycles. The molecule has 222 valence electrons. The highest BCUT2D eigenvalue weighted by molar-refractivity contribution is 14.1. The van der Waals surface area contributed by atoms with Gasteiger partial charge in [-0.05, 0) is 109 Å². The van der Waals surface area contributed by atoms with E-state index >= 15 is 0 Å². The largest absolute Gasteiger partial charge is 0.458 e. The first kappa shape index (κ1) is 31.9. The third-order valence-corrected chi connectivity index (χ3v) is 8.19. The number of benzene rings is 3. The fraction of sp³-hybridized carbons (Fsp3) is 0.382. The minimum atomic E-state index is -0.798. The molecule has 0 saturated heterocycles. The van der Waals surface area contributed by atoms with E-state index in [1.54, 1.807) is 0 Å². The van der Waals surface area contributed by atoms with Crippen LogP contribution in [0, 0.1) is 3.57 Å². The van der Waals surface area contributed by atoms with Crippen molar-refractivity contribution < 1.29 is 19.1 Å². The maximum absolute atomic E-state index is 13.0. The second kappa shape index (κ2) is 15.0. The van der Waals surface area contributed by atoms with Gasteiger partial charge in [0.25, 0.3) is 0 Å². The van der Waals surface area contributed by atoms with Crippen LogP contribution in [0.2, 0.25) is 0 Å². The Morgan fingerprint density at radius 1 is 0.929 bits per heavy atom. The quantitative estimate of drug-likeness (QED) is 0.0881. The standard InChI is InChI=1S/C34H39IN2O4S/c1-34(2,3)41-32(38)30(14-8-9-21-36-31(42)20-17-23-15-18-24(35)19-16-23)37-33(39)40-22-29-27-12-6-4-10-25(27)26-11-5-7-13-28(26)29/h4-7,10-13,15-16,18-19,29-30H,8-9,14,17,20-22H2,1-3H3,(H,36,42)(H,37,39)/t30-/m0/s1. The SMILES string of the molecule is CC(C)(C)OC(=O)[C@H](CCCCNC(=S)CCc1ccc(I)cc1)NC(=O)OCC1c2ccccc2-c2ccccc21. The number of amides is 1. The van der Waals surface area contributed by atoms with Crippen molar-refractivity contribution in [2.75, 3.05) is 13.2 Å². The summed E-state index contributed by atoms with van der Waals surface area (Å²) >= 11 is 7.80. The number of esters is 1. The lowest BCUT2D eigenvalue weighted by Gasteiger charge is -2.25. The average Bonchev–Trinajstić information content (AvgIpc) is 3.27. The monoisotopic (exact) mass is 698 g/mol. The first-order valence-electron chi connectivity index (χ1n) is 14.5. The van der Waals surface area contributed by atoms with E-state index in [2.05, 4.69) is 81.8 Å². The van der Waals surface area contributed by atoms with E-state index < -0.39 is 23.7 Å². The highest BCUT2D eigenvalue weighted by Gasteiger charge is 2.30. The smallest absolute Gasteiger partial charge is 0.407 e. The molecule has 0 aromatic heterocycles. The van der Waals surface area contributed by atoms with Gasteiger partial charge in [-0.15, -0.1) is 0 Å². The minimum absolute atomic E-state index is 0.0521. The molecule has 0 radical (unpaired) electrons. The van der Waals surface area contributed by atoms with Gasteiger partial charge in [-0.25, -0.2) is 9.59 Å². The summed E-state index contributed by atoms with van der Waals surface area (Å²) < 4.78 is 12.5. The third-order valence-electron chi connectivity index (χ3n) is 7.12. The highest BCUT2D eigenvalue weighted by Crippen LogP contribution is 2.44. The van der Waals surface area contributed by atoms with Gasteiger partial charge in [-0.2, -0.15) is 0 Å². The number of unbranched alkanes of at least 4 members (excludes halogenated alkanes) is 1. The van der Waals surface area contributed by atoms with Crippen molar-refractivity contribution in [3.8, 4) is 11.1 Å². The van der Waals surface area contributed by atoms with Crippen LogP contribution in [-0.4, -0.2) is 41.8 Å². The van der Waals surface area contributed by atoms with Crippen LogP contribution in [-0.2, 0) is 20.7 Å². The number of carbonyl (C=O) groups excluding carboxylic acids is 2. The second-order valence-electron chi connectivity index (χ2n) is 11.5. The molecule has 0 unspecified atom stereocenters. The minimum Gasteiger partial charge on any atom is -0.458 e. The summed E-state index contributed by atoms with van der Waals surface area (Å²) in [6.07, 6.45) is 3.02. The number of carbonyl (C=O) groups is 2. The van der Waals surface area contributed by atoms with Gasteiger partial charge in [0.15, 0.2) is 0 Å². The van der Waals surface area contributed by atoms with Crippen molar-refractivity contribution in [1.82, 2.24) is 10.6 Å². The van der Waals surface area contributed by atoms with Gasteiger partial charge >= 0.3 is 12.1 Å². The molecule has 3 aromatic rings. The maximum Gasteiger partial charge on any atom is 0.407 e. The van der Waals surface area contributed by atoms with Crippen LogP contribution < -0.4 is 10.6 Å². The number of rotatable bonds is 12. The zero-order valence-electron chi connectivity index (χ0n) is 24.5. The fourth-order valence-corrected chi connectivity index (χ4v) is 5.67. The Bertz CT molecular complexity index is 1340. The van der Waals surface area contributed by atoms with E-state index in [4.69, 9.17) is 21.7 Å². The number of alkyl carbamates (subject to hydrolysis) is 1. The summed E-state index contributed by atoms with van der Waals surface area (Å²) in [6.45, 7) is 6.34. The molecule has 2 N–H and O–H groups in total. The van der Waals surface area contributed by atoms with E-state index in [1.807, 2.05) is 45.0 Å². The van der Waals surface area contributed by atoms with Crippen LogP contribution >= 0.6 is 34.8 Å². The van der Waals surface area contributed by atoms with Gasteiger partial charge < -0.3 is 20.1 Å². The van der Waals surface area contributed by atoms with Gasteiger partial charge in [0, 0.05) is 22.5 Å². The molecule has 0 fully saturated rings. The summed E-state index contributed by atoms with van der Waals surface area (Å²) in [5, 5.41) is 6.09. The van der Waals surface area contributed by atoms with Gasteiger partial charge in [0.1, 0.15) is 18.2 Å². The summed E-state index contributed by atoms with van der Waals surface area (Å²) in [4.78, 5) is 26.7. The van der Waals surface area contributed by atoms with Crippen molar-refractivity contribution in [2.24, 2.45) is 0 Å². The number of fused-ring (bicyclic) bond motifs is 3. The molecule has 6 nitrogen and oxygen atoms in total. The Balaban J connectivity index is 1.25. The normalized spacial score (nSPS) is 13.0. The van der Waals surface area contributed by atoms with Gasteiger partial charge in [-0.3, -0.25) is 0 Å². The Hall–Kier alpha value is -2.98. The number of hydrogen-bond acceptors (Lipinski definition) is 5. The lowest BCUT2D eigenvalue weighted by Crippen LogP contribution is -2.44. The lowest BCUT2D eigenvalue weighted by molar-refractivity contribution is -0.157. The van der Waals surface area contributed by atoms with Gasteiger partial charge in [-0.1, -0.05) is 72.9 Å². The number of thiocarbonyl (C=S) groups is 1. The lowest BCUT2D eigenvalue weighted by atomic mass is 9.98. The Labute approximate surface area is 268 Å². The molecule has 0 aliphatic heterocycles. The van der Waals surface area contributed by atoms with Crippen molar-refractivity contribution in [1.29, 1.82) is 0 Å². The number of halogens is 1. The van der Waals surface area contributed by atoms with E-state index in [0.29, 0.717) is 19.4 Å². The van der Waals surface area contributed by atoms with E-state index in [9.17, 15) is 9.59 Å². The zero-order chi connectivity index (χ0) is 30.1. The molecule has 0 heterocycles. The van der Waals surface area contributed by atoms with Crippen LogP contribution in [0.25, 0.3) is 11.1 Å². The highest BCUT2D eigenvalue weighted by atomic mass is 127. The first-order valence-corrected chi connectivity index (χ1v) is 15.9. The van der Waals surface area contributed by atoms with Crippen molar-refractivity contribution in [2.45, 2.75) is 70.4 Å². The Kier molecular flexibility index (Phi) is 11.4. The van der Waals surface area contributed by atoms with Gasteiger partial charge in [0.05, 0.1) is 4.99 Å². The Morgan fingerprint density at radius 2 is 1.55 bits per heavy atom. The molecule has 1 amide bonds. The molecule has 3 aromatic carbocycles. The zero-order valence-corrected chi connectivity index (χ0v) is 27.4. The maximum atomic E-state index is 13.0. The molecule has 0 spiro atoms. The molecule has 1 atom stereocenters. The molecule has 8 heteroatoms. The fourth-order valence-electron chi connectivity index (χ4n) is 5.10. The van der Waals surface area contributed by atoms with Crippen LogP contribution in [0.15, 0.2) is 72.8 Å². The topological polar surface area (TPSA) is 76.7 Å². The molecule has 42 heavy (non-hydrogen) atoms. The molecular formula is C34H39IN2O4S. The average molecular weight is 699 g/mol. The Morgan fingerprint density at radius 3 is 2.17 bits per heavy atom. The molecule has 0 bridgehead atoms. The van der Waals surface area contributed by atoms with Crippen LogP contribution in [0.5, 0.6) is 0 Å².